The summed E-state index contributed by atoms with van der Waals surface area (Å²) >= 11 is 0. The van der Waals surface area contributed by atoms with E-state index < -0.39 is 0 Å². The van der Waals surface area contributed by atoms with E-state index in [2.05, 4.69) is 10.1 Å². The maximum absolute atomic E-state index is 5.92. The molecule has 0 radical (unpaired) electrons. The highest BCUT2D eigenvalue weighted by Crippen LogP contribution is 2.35. The standard InChI is InChI=1S/C16H15N3O2/c1-2-20-12-8-6-11(7-9-12)15-14(16(17)19-21-15)13-5-3-4-10-18-13/h3-10H,2H2,1H3,(H2,17,19). The van der Waals surface area contributed by atoms with E-state index in [9.17, 15) is 0 Å². The van der Waals surface area contributed by atoms with E-state index >= 15 is 0 Å². The van der Waals surface area contributed by atoms with Crippen LogP contribution >= 0.6 is 0 Å². The van der Waals surface area contributed by atoms with Gasteiger partial charge in [-0.15, -0.1) is 0 Å². The van der Waals surface area contributed by atoms with Gasteiger partial charge < -0.3 is 15.0 Å². The molecule has 0 amide bonds. The normalized spacial score (nSPS) is 10.5. The Hall–Kier alpha value is -2.82. The third-order valence-corrected chi connectivity index (χ3v) is 3.07. The fourth-order valence-corrected chi connectivity index (χ4v) is 2.13. The molecular formula is C16H15N3O2. The van der Waals surface area contributed by atoms with Gasteiger partial charge in [0.1, 0.15) is 5.75 Å². The Morgan fingerprint density at radius 3 is 2.62 bits per heavy atom. The molecule has 3 aromatic rings. The van der Waals surface area contributed by atoms with Crippen molar-refractivity contribution < 1.29 is 9.26 Å². The fourth-order valence-electron chi connectivity index (χ4n) is 2.13. The maximum atomic E-state index is 5.92. The number of aromatic nitrogens is 2. The Morgan fingerprint density at radius 2 is 1.95 bits per heavy atom. The van der Waals surface area contributed by atoms with E-state index in [1.165, 1.54) is 0 Å². The molecule has 1 aromatic carbocycles. The first-order valence-electron chi connectivity index (χ1n) is 6.69. The van der Waals surface area contributed by atoms with Crippen LogP contribution in [0.5, 0.6) is 5.75 Å². The van der Waals surface area contributed by atoms with E-state index in [1.807, 2.05) is 49.4 Å². The lowest BCUT2D eigenvalue weighted by molar-refractivity contribution is 0.340. The van der Waals surface area contributed by atoms with Crippen LogP contribution in [0.1, 0.15) is 6.92 Å². The SMILES string of the molecule is CCOc1ccc(-c2onc(N)c2-c2ccccn2)cc1. The zero-order valence-electron chi connectivity index (χ0n) is 11.6. The van der Waals surface area contributed by atoms with E-state index in [4.69, 9.17) is 15.0 Å². The number of anilines is 1. The van der Waals surface area contributed by atoms with Gasteiger partial charge in [-0.1, -0.05) is 11.2 Å². The van der Waals surface area contributed by atoms with Crippen molar-refractivity contribution in [1.29, 1.82) is 0 Å². The summed E-state index contributed by atoms with van der Waals surface area (Å²) in [5, 5.41) is 3.86. The second-order valence-electron chi connectivity index (χ2n) is 4.44. The highest BCUT2D eigenvalue weighted by Gasteiger charge is 2.18. The molecule has 21 heavy (non-hydrogen) atoms. The Balaban J connectivity index is 2.03. The van der Waals surface area contributed by atoms with Crippen LogP contribution in [0.15, 0.2) is 53.2 Å². The molecule has 0 aliphatic carbocycles. The van der Waals surface area contributed by atoms with Gasteiger partial charge in [-0.25, -0.2) is 0 Å². The number of pyridine rings is 1. The van der Waals surface area contributed by atoms with Crippen molar-refractivity contribution >= 4 is 5.82 Å². The highest BCUT2D eigenvalue weighted by molar-refractivity contribution is 5.84. The molecule has 5 heteroatoms. The number of nitrogens with zero attached hydrogens (tertiary/aromatic N) is 2. The lowest BCUT2D eigenvalue weighted by Crippen LogP contribution is -1.92. The summed E-state index contributed by atoms with van der Waals surface area (Å²) in [6.07, 6.45) is 1.71. The number of ether oxygens (including phenoxy) is 1. The number of rotatable bonds is 4. The van der Waals surface area contributed by atoms with Crippen molar-refractivity contribution in [3.05, 3.63) is 48.7 Å². The van der Waals surface area contributed by atoms with Crippen molar-refractivity contribution in [2.75, 3.05) is 12.3 Å². The highest BCUT2D eigenvalue weighted by atomic mass is 16.5. The molecule has 0 unspecified atom stereocenters. The average Bonchev–Trinajstić information content (AvgIpc) is 2.91. The smallest absolute Gasteiger partial charge is 0.178 e. The summed E-state index contributed by atoms with van der Waals surface area (Å²) in [6, 6.07) is 13.2. The fraction of sp³-hybridized carbons (Fsp3) is 0.125. The Labute approximate surface area is 122 Å². The molecule has 0 aliphatic heterocycles. The minimum atomic E-state index is 0.331. The number of nitrogen functional groups attached to an aromatic ring is 1. The molecular weight excluding hydrogens is 266 g/mol. The Bertz CT molecular complexity index is 721. The second kappa shape index (κ2) is 5.66. The van der Waals surface area contributed by atoms with Crippen molar-refractivity contribution in [2.24, 2.45) is 0 Å². The van der Waals surface area contributed by atoms with Crippen LogP contribution in [0.25, 0.3) is 22.6 Å². The van der Waals surface area contributed by atoms with Gasteiger partial charge in [0, 0.05) is 11.8 Å². The van der Waals surface area contributed by atoms with Crippen LogP contribution in [0, 0.1) is 0 Å². The third kappa shape index (κ3) is 2.58. The predicted molar refractivity (Wildman–Crippen MR) is 80.8 cm³/mol. The molecule has 0 fully saturated rings. The van der Waals surface area contributed by atoms with Gasteiger partial charge in [-0.2, -0.15) is 0 Å². The first-order chi connectivity index (χ1) is 10.3. The molecule has 0 aliphatic rings. The van der Waals surface area contributed by atoms with Crippen LogP contribution in [-0.2, 0) is 0 Å². The van der Waals surface area contributed by atoms with E-state index in [1.54, 1.807) is 6.20 Å². The van der Waals surface area contributed by atoms with Gasteiger partial charge in [0.25, 0.3) is 0 Å². The zero-order chi connectivity index (χ0) is 14.7. The lowest BCUT2D eigenvalue weighted by Gasteiger charge is -2.04. The Morgan fingerprint density at radius 1 is 1.14 bits per heavy atom. The first-order valence-corrected chi connectivity index (χ1v) is 6.69. The van der Waals surface area contributed by atoms with Crippen LogP contribution in [-0.4, -0.2) is 16.7 Å². The van der Waals surface area contributed by atoms with Crippen molar-refractivity contribution in [2.45, 2.75) is 6.92 Å². The molecule has 0 atom stereocenters. The van der Waals surface area contributed by atoms with Crippen LogP contribution in [0.2, 0.25) is 0 Å². The largest absolute Gasteiger partial charge is 0.494 e. The maximum Gasteiger partial charge on any atom is 0.178 e. The summed E-state index contributed by atoms with van der Waals surface area (Å²) in [4.78, 5) is 4.31. The van der Waals surface area contributed by atoms with Gasteiger partial charge in [0.15, 0.2) is 11.6 Å². The van der Waals surface area contributed by atoms with E-state index in [0.717, 1.165) is 17.0 Å². The molecule has 5 nitrogen and oxygen atoms in total. The molecule has 0 saturated carbocycles. The molecule has 106 valence electrons. The summed E-state index contributed by atoms with van der Waals surface area (Å²) in [5.74, 6) is 1.75. The number of nitrogens with two attached hydrogens (primary N) is 1. The first kappa shape index (κ1) is 13.2. The van der Waals surface area contributed by atoms with Gasteiger partial charge in [-0.05, 0) is 43.3 Å². The molecule has 2 heterocycles. The second-order valence-corrected chi connectivity index (χ2v) is 4.44. The summed E-state index contributed by atoms with van der Waals surface area (Å²) in [5.41, 5.74) is 8.24. The summed E-state index contributed by atoms with van der Waals surface area (Å²) < 4.78 is 10.8. The van der Waals surface area contributed by atoms with Gasteiger partial charge in [-0.3, -0.25) is 4.98 Å². The number of hydrogen-bond donors (Lipinski definition) is 1. The number of benzene rings is 1. The molecule has 0 spiro atoms. The minimum Gasteiger partial charge on any atom is -0.494 e. The lowest BCUT2D eigenvalue weighted by atomic mass is 10.1. The zero-order valence-corrected chi connectivity index (χ0v) is 11.6. The van der Waals surface area contributed by atoms with Crippen molar-refractivity contribution in [3.8, 4) is 28.3 Å². The monoisotopic (exact) mass is 281 g/mol. The van der Waals surface area contributed by atoms with Gasteiger partial charge >= 0.3 is 0 Å². The van der Waals surface area contributed by atoms with Crippen molar-refractivity contribution in [3.63, 3.8) is 0 Å². The molecule has 0 bridgehead atoms. The van der Waals surface area contributed by atoms with Crippen LogP contribution < -0.4 is 10.5 Å². The van der Waals surface area contributed by atoms with Gasteiger partial charge in [0.05, 0.1) is 17.9 Å². The van der Waals surface area contributed by atoms with E-state index in [-0.39, 0.29) is 0 Å². The molecule has 0 saturated heterocycles. The van der Waals surface area contributed by atoms with Crippen molar-refractivity contribution in [1.82, 2.24) is 10.1 Å². The van der Waals surface area contributed by atoms with E-state index in [0.29, 0.717) is 23.7 Å². The van der Waals surface area contributed by atoms with Gasteiger partial charge in [0.2, 0.25) is 0 Å². The topological polar surface area (TPSA) is 74.2 Å². The van der Waals surface area contributed by atoms with Crippen LogP contribution in [0.4, 0.5) is 5.82 Å². The Kier molecular flexibility index (Phi) is 3.55. The van der Waals surface area contributed by atoms with Crippen LogP contribution in [0.3, 0.4) is 0 Å². The molecule has 3 rings (SSSR count). The average molecular weight is 281 g/mol. The quantitative estimate of drug-likeness (QED) is 0.793. The predicted octanol–water partition coefficient (Wildman–Crippen LogP) is 3.38. The minimum absolute atomic E-state index is 0.331. The molecule has 2 aromatic heterocycles. The summed E-state index contributed by atoms with van der Waals surface area (Å²) in [7, 11) is 0. The molecule has 2 N–H and O–H groups in total. The third-order valence-electron chi connectivity index (χ3n) is 3.07. The summed E-state index contributed by atoms with van der Waals surface area (Å²) in [6.45, 7) is 2.58. The number of hydrogen-bond acceptors (Lipinski definition) is 5.